The molecule has 0 saturated carbocycles. The molecule has 0 bridgehead atoms. The second kappa shape index (κ2) is 5.57. The van der Waals surface area contributed by atoms with E-state index in [1.165, 1.54) is 6.07 Å². The van der Waals surface area contributed by atoms with Crippen LogP contribution in [-0.4, -0.2) is 18.2 Å². The van der Waals surface area contributed by atoms with E-state index in [-0.39, 0.29) is 6.54 Å². The highest BCUT2D eigenvalue weighted by molar-refractivity contribution is 5.69. The Balaban J connectivity index is 2.94. The SMILES string of the molecule is CC(C)(C)OC(=O)NC(C)(CN)c1ccccc1F. The lowest BCUT2D eigenvalue weighted by molar-refractivity contribution is 0.0463. The molecule has 0 spiro atoms. The van der Waals surface area contributed by atoms with Crippen molar-refractivity contribution in [2.24, 2.45) is 5.73 Å². The van der Waals surface area contributed by atoms with Crippen LogP contribution in [0.25, 0.3) is 0 Å². The van der Waals surface area contributed by atoms with E-state index in [2.05, 4.69) is 5.32 Å². The van der Waals surface area contributed by atoms with Crippen LogP contribution in [0.4, 0.5) is 9.18 Å². The molecule has 1 unspecified atom stereocenters. The molecule has 0 aliphatic carbocycles. The van der Waals surface area contributed by atoms with Gasteiger partial charge in [0.05, 0.1) is 5.54 Å². The van der Waals surface area contributed by atoms with Crippen molar-refractivity contribution in [3.8, 4) is 0 Å². The second-order valence-corrected chi connectivity index (χ2v) is 5.64. The summed E-state index contributed by atoms with van der Waals surface area (Å²) in [6.07, 6.45) is -0.622. The van der Waals surface area contributed by atoms with E-state index in [1.807, 2.05) is 0 Å². The quantitative estimate of drug-likeness (QED) is 0.885. The van der Waals surface area contributed by atoms with E-state index >= 15 is 0 Å². The van der Waals surface area contributed by atoms with Crippen LogP contribution in [-0.2, 0) is 10.3 Å². The smallest absolute Gasteiger partial charge is 0.408 e. The van der Waals surface area contributed by atoms with Crippen LogP contribution in [0.5, 0.6) is 0 Å². The summed E-state index contributed by atoms with van der Waals surface area (Å²) in [5.74, 6) is -0.411. The normalized spacial score (nSPS) is 14.6. The maximum Gasteiger partial charge on any atom is 0.408 e. The van der Waals surface area contributed by atoms with Gasteiger partial charge in [-0.05, 0) is 33.8 Å². The van der Waals surface area contributed by atoms with Crippen LogP contribution in [0.1, 0.15) is 33.3 Å². The van der Waals surface area contributed by atoms with Crippen molar-refractivity contribution < 1.29 is 13.9 Å². The molecule has 1 amide bonds. The number of benzene rings is 1. The molecule has 0 aromatic heterocycles. The lowest BCUT2D eigenvalue weighted by Crippen LogP contribution is -2.50. The predicted molar refractivity (Wildman–Crippen MR) is 72.2 cm³/mol. The van der Waals surface area contributed by atoms with Gasteiger partial charge in [-0.1, -0.05) is 18.2 Å². The lowest BCUT2D eigenvalue weighted by atomic mass is 9.92. The third kappa shape index (κ3) is 4.21. The third-order valence-electron chi connectivity index (χ3n) is 2.65. The van der Waals surface area contributed by atoms with E-state index in [9.17, 15) is 9.18 Å². The molecule has 0 heterocycles. The molecular formula is C14H21FN2O2. The summed E-state index contributed by atoms with van der Waals surface area (Å²) >= 11 is 0. The van der Waals surface area contributed by atoms with Gasteiger partial charge in [-0.25, -0.2) is 9.18 Å². The largest absolute Gasteiger partial charge is 0.444 e. The molecule has 106 valence electrons. The molecule has 5 heteroatoms. The van der Waals surface area contributed by atoms with E-state index in [0.29, 0.717) is 5.56 Å². The lowest BCUT2D eigenvalue weighted by Gasteiger charge is -2.31. The fourth-order valence-electron chi connectivity index (χ4n) is 1.67. The fraction of sp³-hybridized carbons (Fsp3) is 0.500. The summed E-state index contributed by atoms with van der Waals surface area (Å²) < 4.78 is 19.0. The Hall–Kier alpha value is -1.62. The minimum atomic E-state index is -1.01. The van der Waals surface area contributed by atoms with Gasteiger partial charge in [0.1, 0.15) is 11.4 Å². The summed E-state index contributed by atoms with van der Waals surface area (Å²) in [5, 5.41) is 2.63. The zero-order valence-corrected chi connectivity index (χ0v) is 11.8. The summed E-state index contributed by atoms with van der Waals surface area (Å²) in [5.41, 5.74) is 4.40. The van der Waals surface area contributed by atoms with Crippen molar-refractivity contribution in [2.45, 2.75) is 38.8 Å². The number of alkyl carbamates (subject to hydrolysis) is 1. The number of ether oxygens (including phenoxy) is 1. The van der Waals surface area contributed by atoms with Crippen molar-refractivity contribution in [1.82, 2.24) is 5.32 Å². The maximum absolute atomic E-state index is 13.8. The number of hydrogen-bond acceptors (Lipinski definition) is 3. The molecule has 1 rings (SSSR count). The average Bonchev–Trinajstić information content (AvgIpc) is 2.26. The Labute approximate surface area is 113 Å². The van der Waals surface area contributed by atoms with Crippen LogP contribution in [0.3, 0.4) is 0 Å². The van der Waals surface area contributed by atoms with Gasteiger partial charge in [0.25, 0.3) is 0 Å². The number of carbonyl (C=O) groups excluding carboxylic acids is 1. The Morgan fingerprint density at radius 3 is 2.37 bits per heavy atom. The number of nitrogens with two attached hydrogens (primary N) is 1. The van der Waals surface area contributed by atoms with Gasteiger partial charge in [0, 0.05) is 12.1 Å². The molecule has 3 N–H and O–H groups in total. The van der Waals surface area contributed by atoms with Gasteiger partial charge in [0.15, 0.2) is 0 Å². The van der Waals surface area contributed by atoms with Crippen LogP contribution in [0.2, 0.25) is 0 Å². The Bertz CT molecular complexity index is 457. The van der Waals surface area contributed by atoms with Gasteiger partial charge < -0.3 is 15.8 Å². The number of hydrogen-bond donors (Lipinski definition) is 2. The highest BCUT2D eigenvalue weighted by Gasteiger charge is 2.31. The van der Waals surface area contributed by atoms with Crippen molar-refractivity contribution in [1.29, 1.82) is 0 Å². The average molecular weight is 268 g/mol. The monoisotopic (exact) mass is 268 g/mol. The molecule has 4 nitrogen and oxygen atoms in total. The van der Waals surface area contributed by atoms with Crippen LogP contribution < -0.4 is 11.1 Å². The van der Waals surface area contributed by atoms with Crippen LogP contribution in [0, 0.1) is 5.82 Å². The summed E-state index contributed by atoms with van der Waals surface area (Å²) in [7, 11) is 0. The Morgan fingerprint density at radius 1 is 1.32 bits per heavy atom. The highest BCUT2D eigenvalue weighted by Crippen LogP contribution is 2.23. The van der Waals surface area contributed by atoms with Gasteiger partial charge in [-0.3, -0.25) is 0 Å². The van der Waals surface area contributed by atoms with E-state index in [4.69, 9.17) is 10.5 Å². The molecule has 1 aromatic carbocycles. The molecule has 0 aliphatic rings. The van der Waals surface area contributed by atoms with E-state index < -0.39 is 23.1 Å². The van der Waals surface area contributed by atoms with E-state index in [0.717, 1.165) is 0 Å². The highest BCUT2D eigenvalue weighted by atomic mass is 19.1. The number of amides is 1. The number of rotatable bonds is 3. The van der Waals surface area contributed by atoms with Crippen molar-refractivity contribution in [3.05, 3.63) is 35.6 Å². The first-order valence-corrected chi connectivity index (χ1v) is 6.14. The first-order valence-electron chi connectivity index (χ1n) is 6.14. The first-order chi connectivity index (χ1) is 8.68. The third-order valence-corrected chi connectivity index (χ3v) is 2.65. The van der Waals surface area contributed by atoms with Crippen LogP contribution in [0.15, 0.2) is 24.3 Å². The van der Waals surface area contributed by atoms with E-state index in [1.54, 1.807) is 45.9 Å². The molecular weight excluding hydrogens is 247 g/mol. The molecule has 0 saturated heterocycles. The molecule has 19 heavy (non-hydrogen) atoms. The number of nitrogens with one attached hydrogen (secondary N) is 1. The standard InChI is InChI=1S/C14H21FN2O2/c1-13(2,3)19-12(18)17-14(4,9-16)10-7-5-6-8-11(10)15/h5-8H,9,16H2,1-4H3,(H,17,18). The van der Waals surface area contributed by atoms with Gasteiger partial charge in [0.2, 0.25) is 0 Å². The second-order valence-electron chi connectivity index (χ2n) is 5.64. The Kier molecular flexibility index (Phi) is 4.52. The molecule has 1 atom stereocenters. The number of carbonyl (C=O) groups is 1. The number of halogens is 1. The summed E-state index contributed by atoms with van der Waals surface area (Å²) in [4.78, 5) is 11.8. The molecule has 0 aliphatic heterocycles. The molecule has 1 aromatic rings. The Morgan fingerprint density at radius 2 is 1.89 bits per heavy atom. The minimum absolute atomic E-state index is 0.0627. The van der Waals surface area contributed by atoms with Gasteiger partial charge in [-0.15, -0.1) is 0 Å². The van der Waals surface area contributed by atoms with Gasteiger partial charge >= 0.3 is 6.09 Å². The summed E-state index contributed by atoms with van der Waals surface area (Å²) in [6, 6.07) is 6.21. The minimum Gasteiger partial charge on any atom is -0.444 e. The zero-order valence-electron chi connectivity index (χ0n) is 11.8. The van der Waals surface area contributed by atoms with Crippen molar-refractivity contribution >= 4 is 6.09 Å². The summed E-state index contributed by atoms with van der Waals surface area (Å²) in [6.45, 7) is 7.00. The fourth-order valence-corrected chi connectivity index (χ4v) is 1.67. The first kappa shape index (κ1) is 15.4. The topological polar surface area (TPSA) is 64.3 Å². The zero-order chi connectivity index (χ0) is 14.7. The predicted octanol–water partition coefficient (Wildman–Crippen LogP) is 2.52. The van der Waals surface area contributed by atoms with Crippen molar-refractivity contribution in [3.63, 3.8) is 0 Å². The van der Waals surface area contributed by atoms with Crippen LogP contribution >= 0.6 is 0 Å². The maximum atomic E-state index is 13.8. The van der Waals surface area contributed by atoms with Gasteiger partial charge in [-0.2, -0.15) is 0 Å². The molecule has 0 radical (unpaired) electrons. The molecule has 0 fully saturated rings. The van der Waals surface area contributed by atoms with Crippen molar-refractivity contribution in [2.75, 3.05) is 6.54 Å².